The zero-order valence-corrected chi connectivity index (χ0v) is 8.59. The largest absolute Gasteiger partial charge is 0.381 e. The first-order valence-electron chi connectivity index (χ1n) is 4.67. The number of hydrogen-bond acceptors (Lipinski definition) is 1. The van der Waals surface area contributed by atoms with Gasteiger partial charge in [-0.25, -0.2) is 0 Å². The Morgan fingerprint density at radius 1 is 1.23 bits per heavy atom. The molecule has 0 heterocycles. The van der Waals surface area contributed by atoms with Crippen molar-refractivity contribution >= 4 is 5.69 Å². The molecule has 1 nitrogen and oxygen atoms in total. The first-order chi connectivity index (χ1) is 6.25. The van der Waals surface area contributed by atoms with Crippen LogP contribution in [0.15, 0.2) is 30.4 Å². The minimum atomic E-state index is 0.905. The molecule has 0 aromatic heterocycles. The number of hydrogen-bond donors (Lipinski definition) is 1. The summed E-state index contributed by atoms with van der Waals surface area (Å²) in [5.74, 6) is 0. The quantitative estimate of drug-likeness (QED) is 0.695. The minimum Gasteiger partial charge on any atom is -0.381 e. The lowest BCUT2D eigenvalue weighted by molar-refractivity contribution is 1.26. The number of anilines is 1. The summed E-state index contributed by atoms with van der Waals surface area (Å²) < 4.78 is 0. The predicted molar refractivity (Wildman–Crippen MR) is 59.2 cm³/mol. The standard InChI is InChI=1S/C12H17N/c1-4-5-9-13-12-10(2)7-6-8-11(12)3/h4-8,13H,9H2,1-3H3/b5-4+. The van der Waals surface area contributed by atoms with Gasteiger partial charge in [-0.15, -0.1) is 0 Å². The van der Waals surface area contributed by atoms with E-state index in [0.29, 0.717) is 0 Å². The summed E-state index contributed by atoms with van der Waals surface area (Å²) in [6.07, 6.45) is 4.17. The Labute approximate surface area is 80.5 Å². The summed E-state index contributed by atoms with van der Waals surface area (Å²) in [5.41, 5.74) is 3.88. The normalized spacial score (nSPS) is 10.7. The van der Waals surface area contributed by atoms with Gasteiger partial charge in [0.1, 0.15) is 0 Å². The first-order valence-corrected chi connectivity index (χ1v) is 4.67. The fraction of sp³-hybridized carbons (Fsp3) is 0.333. The molecule has 0 radical (unpaired) electrons. The molecule has 1 aromatic carbocycles. The van der Waals surface area contributed by atoms with Crippen LogP contribution in [0.1, 0.15) is 18.1 Å². The zero-order valence-electron chi connectivity index (χ0n) is 8.59. The molecule has 0 aliphatic rings. The molecule has 0 amide bonds. The van der Waals surface area contributed by atoms with E-state index in [9.17, 15) is 0 Å². The van der Waals surface area contributed by atoms with Crippen LogP contribution in [0.25, 0.3) is 0 Å². The maximum atomic E-state index is 3.40. The summed E-state index contributed by atoms with van der Waals surface area (Å²) >= 11 is 0. The average molecular weight is 175 g/mol. The second-order valence-corrected chi connectivity index (χ2v) is 3.22. The molecule has 1 N–H and O–H groups in total. The zero-order chi connectivity index (χ0) is 9.68. The lowest BCUT2D eigenvalue weighted by Gasteiger charge is -2.10. The van der Waals surface area contributed by atoms with E-state index >= 15 is 0 Å². The van der Waals surface area contributed by atoms with Crippen LogP contribution in [0.2, 0.25) is 0 Å². The van der Waals surface area contributed by atoms with Gasteiger partial charge in [0, 0.05) is 12.2 Å². The molecule has 1 rings (SSSR count). The van der Waals surface area contributed by atoms with Crippen molar-refractivity contribution in [3.63, 3.8) is 0 Å². The summed E-state index contributed by atoms with van der Waals surface area (Å²) in [7, 11) is 0. The molecule has 0 saturated carbocycles. The van der Waals surface area contributed by atoms with Crippen molar-refractivity contribution in [2.24, 2.45) is 0 Å². The number of para-hydroxylation sites is 1. The number of nitrogens with one attached hydrogen (secondary N) is 1. The van der Waals surface area contributed by atoms with Crippen molar-refractivity contribution < 1.29 is 0 Å². The second kappa shape index (κ2) is 4.70. The second-order valence-electron chi connectivity index (χ2n) is 3.22. The monoisotopic (exact) mass is 175 g/mol. The highest BCUT2D eigenvalue weighted by atomic mass is 14.9. The van der Waals surface area contributed by atoms with Crippen LogP contribution in [-0.2, 0) is 0 Å². The summed E-state index contributed by atoms with van der Waals surface area (Å²) in [4.78, 5) is 0. The minimum absolute atomic E-state index is 0.905. The van der Waals surface area contributed by atoms with Crippen molar-refractivity contribution in [1.82, 2.24) is 0 Å². The van der Waals surface area contributed by atoms with Crippen molar-refractivity contribution in [3.05, 3.63) is 41.5 Å². The van der Waals surface area contributed by atoms with Gasteiger partial charge in [-0.3, -0.25) is 0 Å². The Hall–Kier alpha value is -1.24. The summed E-state index contributed by atoms with van der Waals surface area (Å²) in [6.45, 7) is 7.20. The molecule has 1 aromatic rings. The van der Waals surface area contributed by atoms with Gasteiger partial charge in [0.15, 0.2) is 0 Å². The molecule has 0 aliphatic carbocycles. The van der Waals surface area contributed by atoms with E-state index in [1.54, 1.807) is 0 Å². The maximum Gasteiger partial charge on any atom is 0.0402 e. The van der Waals surface area contributed by atoms with E-state index in [2.05, 4.69) is 49.5 Å². The molecular weight excluding hydrogens is 158 g/mol. The summed E-state index contributed by atoms with van der Waals surface area (Å²) in [6, 6.07) is 6.35. The third-order valence-corrected chi connectivity index (χ3v) is 2.11. The van der Waals surface area contributed by atoms with Gasteiger partial charge >= 0.3 is 0 Å². The number of benzene rings is 1. The van der Waals surface area contributed by atoms with Crippen LogP contribution >= 0.6 is 0 Å². The smallest absolute Gasteiger partial charge is 0.0402 e. The van der Waals surface area contributed by atoms with Gasteiger partial charge in [-0.1, -0.05) is 30.4 Å². The van der Waals surface area contributed by atoms with Gasteiger partial charge in [-0.2, -0.15) is 0 Å². The van der Waals surface area contributed by atoms with Crippen LogP contribution in [-0.4, -0.2) is 6.54 Å². The summed E-state index contributed by atoms with van der Waals surface area (Å²) in [5, 5.41) is 3.40. The lowest BCUT2D eigenvalue weighted by Crippen LogP contribution is -2.01. The number of allylic oxidation sites excluding steroid dienone is 1. The van der Waals surface area contributed by atoms with E-state index in [-0.39, 0.29) is 0 Å². The molecule has 0 fully saturated rings. The molecule has 0 saturated heterocycles. The fourth-order valence-electron chi connectivity index (χ4n) is 1.37. The third-order valence-electron chi connectivity index (χ3n) is 2.11. The number of rotatable bonds is 3. The average Bonchev–Trinajstić information content (AvgIpc) is 2.10. The molecular formula is C12H17N. The van der Waals surface area contributed by atoms with Crippen LogP contribution in [0.5, 0.6) is 0 Å². The molecule has 0 unspecified atom stereocenters. The van der Waals surface area contributed by atoms with Crippen LogP contribution < -0.4 is 5.32 Å². The SMILES string of the molecule is C/C=C/CNc1c(C)cccc1C. The Bertz CT molecular complexity index is 280. The highest BCUT2D eigenvalue weighted by Crippen LogP contribution is 2.18. The highest BCUT2D eigenvalue weighted by Gasteiger charge is 1.98. The van der Waals surface area contributed by atoms with Crippen LogP contribution in [0.3, 0.4) is 0 Å². The van der Waals surface area contributed by atoms with Gasteiger partial charge in [0.25, 0.3) is 0 Å². The highest BCUT2D eigenvalue weighted by molar-refractivity contribution is 5.56. The maximum absolute atomic E-state index is 3.40. The number of aryl methyl sites for hydroxylation is 2. The molecule has 1 heteroatoms. The van der Waals surface area contributed by atoms with Gasteiger partial charge in [-0.05, 0) is 31.9 Å². The van der Waals surface area contributed by atoms with E-state index in [0.717, 1.165) is 6.54 Å². The van der Waals surface area contributed by atoms with Crippen molar-refractivity contribution in [3.8, 4) is 0 Å². The molecule has 0 spiro atoms. The molecule has 70 valence electrons. The van der Waals surface area contributed by atoms with E-state index in [1.165, 1.54) is 16.8 Å². The Kier molecular flexibility index (Phi) is 3.56. The van der Waals surface area contributed by atoms with Crippen LogP contribution in [0, 0.1) is 13.8 Å². The van der Waals surface area contributed by atoms with E-state index in [1.807, 2.05) is 6.92 Å². The van der Waals surface area contributed by atoms with E-state index in [4.69, 9.17) is 0 Å². The molecule has 0 atom stereocenters. The molecule has 0 bridgehead atoms. The molecule has 13 heavy (non-hydrogen) atoms. The fourth-order valence-corrected chi connectivity index (χ4v) is 1.37. The molecule has 0 aliphatic heterocycles. The first kappa shape index (κ1) is 9.85. The van der Waals surface area contributed by atoms with Crippen molar-refractivity contribution in [1.29, 1.82) is 0 Å². The predicted octanol–water partition coefficient (Wildman–Crippen LogP) is 3.29. The Morgan fingerprint density at radius 2 is 1.85 bits per heavy atom. The van der Waals surface area contributed by atoms with Gasteiger partial charge in [0.2, 0.25) is 0 Å². The van der Waals surface area contributed by atoms with Crippen molar-refractivity contribution in [2.45, 2.75) is 20.8 Å². The van der Waals surface area contributed by atoms with Gasteiger partial charge in [0.05, 0.1) is 0 Å². The lowest BCUT2D eigenvalue weighted by atomic mass is 10.1. The van der Waals surface area contributed by atoms with E-state index < -0.39 is 0 Å². The topological polar surface area (TPSA) is 12.0 Å². The Morgan fingerprint density at radius 3 is 2.38 bits per heavy atom. The van der Waals surface area contributed by atoms with Crippen LogP contribution in [0.4, 0.5) is 5.69 Å². The van der Waals surface area contributed by atoms with Crippen molar-refractivity contribution in [2.75, 3.05) is 11.9 Å². The Balaban J connectivity index is 2.75. The van der Waals surface area contributed by atoms with Gasteiger partial charge < -0.3 is 5.32 Å². The third kappa shape index (κ3) is 2.62.